The molecule has 1 aromatic carbocycles. The molecule has 2 rings (SSSR count). The first-order valence-electron chi connectivity index (χ1n) is 7.63. The normalized spacial score (nSPS) is 24.4. The summed E-state index contributed by atoms with van der Waals surface area (Å²) in [6.45, 7) is 4.35. The van der Waals surface area contributed by atoms with Crippen LogP contribution in [0.3, 0.4) is 0 Å². The van der Waals surface area contributed by atoms with Crippen LogP contribution in [-0.4, -0.2) is 18.6 Å². The van der Waals surface area contributed by atoms with Crippen LogP contribution >= 0.6 is 11.6 Å². The minimum absolute atomic E-state index is 0.0662. The molecule has 0 bridgehead atoms. The first kappa shape index (κ1) is 16.6. The minimum Gasteiger partial charge on any atom is -0.482 e. The quantitative estimate of drug-likeness (QED) is 0.923. The van der Waals surface area contributed by atoms with Crippen LogP contribution in [-0.2, 0) is 4.79 Å². The van der Waals surface area contributed by atoms with Crippen LogP contribution < -0.4 is 10.1 Å². The summed E-state index contributed by atoms with van der Waals surface area (Å²) in [5.74, 6) is 1.40. The third-order valence-electron chi connectivity index (χ3n) is 4.47. The third-order valence-corrected chi connectivity index (χ3v) is 4.77. The molecule has 1 aliphatic rings. The summed E-state index contributed by atoms with van der Waals surface area (Å²) in [5, 5.41) is 12.2. The molecule has 1 aromatic rings. The molecular weight excluding hydrogens is 300 g/mol. The van der Waals surface area contributed by atoms with Crippen LogP contribution in [0.1, 0.15) is 38.7 Å². The molecule has 1 aliphatic carbocycles. The second-order valence-corrected chi connectivity index (χ2v) is 6.39. The number of hydrogen-bond donors (Lipinski definition) is 1. The van der Waals surface area contributed by atoms with Gasteiger partial charge in [-0.05, 0) is 36.5 Å². The highest BCUT2D eigenvalue weighted by Gasteiger charge is 2.28. The summed E-state index contributed by atoms with van der Waals surface area (Å²) in [7, 11) is 0. The molecule has 0 heterocycles. The van der Waals surface area contributed by atoms with E-state index in [2.05, 4.69) is 19.2 Å². The highest BCUT2D eigenvalue weighted by molar-refractivity contribution is 6.32. The summed E-state index contributed by atoms with van der Waals surface area (Å²) in [6, 6.07) is 6.98. The predicted molar refractivity (Wildman–Crippen MR) is 85.8 cm³/mol. The van der Waals surface area contributed by atoms with Crippen LogP contribution in [0.25, 0.3) is 0 Å². The molecule has 1 fully saturated rings. The van der Waals surface area contributed by atoms with E-state index in [0.29, 0.717) is 28.2 Å². The van der Waals surface area contributed by atoms with Crippen molar-refractivity contribution in [1.29, 1.82) is 5.26 Å². The highest BCUT2D eigenvalue weighted by Crippen LogP contribution is 2.29. The van der Waals surface area contributed by atoms with E-state index in [1.165, 1.54) is 12.5 Å². The van der Waals surface area contributed by atoms with Crippen molar-refractivity contribution in [2.75, 3.05) is 6.61 Å². The van der Waals surface area contributed by atoms with Gasteiger partial charge in [-0.1, -0.05) is 38.3 Å². The number of amides is 1. The molecule has 0 saturated heterocycles. The Morgan fingerprint density at radius 2 is 2.23 bits per heavy atom. The molecule has 1 amide bonds. The lowest BCUT2D eigenvalue weighted by molar-refractivity contribution is -0.124. The van der Waals surface area contributed by atoms with Gasteiger partial charge in [0.2, 0.25) is 0 Å². The van der Waals surface area contributed by atoms with Crippen LogP contribution in [0, 0.1) is 23.2 Å². The van der Waals surface area contributed by atoms with Crippen molar-refractivity contribution in [2.24, 2.45) is 11.8 Å². The van der Waals surface area contributed by atoms with Crippen LogP contribution in [0.2, 0.25) is 5.02 Å². The zero-order valence-corrected chi connectivity index (χ0v) is 13.7. The molecule has 4 nitrogen and oxygen atoms in total. The Kier molecular flexibility index (Phi) is 5.68. The predicted octanol–water partition coefficient (Wildman–Crippen LogP) is 3.53. The number of halogens is 1. The van der Waals surface area contributed by atoms with Crippen molar-refractivity contribution < 1.29 is 9.53 Å². The van der Waals surface area contributed by atoms with Gasteiger partial charge in [0, 0.05) is 6.04 Å². The van der Waals surface area contributed by atoms with Gasteiger partial charge in [-0.3, -0.25) is 4.79 Å². The van der Waals surface area contributed by atoms with Gasteiger partial charge in [-0.2, -0.15) is 5.26 Å². The second kappa shape index (κ2) is 7.51. The van der Waals surface area contributed by atoms with E-state index in [1.54, 1.807) is 12.1 Å². The molecule has 0 aliphatic heterocycles. The Hall–Kier alpha value is -1.73. The molecule has 0 radical (unpaired) electrons. The van der Waals surface area contributed by atoms with Crippen LogP contribution in [0.5, 0.6) is 5.75 Å². The number of nitrogens with one attached hydrogen (secondary N) is 1. The lowest BCUT2D eigenvalue weighted by atomic mass is 9.78. The maximum absolute atomic E-state index is 12.0. The highest BCUT2D eigenvalue weighted by atomic mass is 35.5. The molecule has 22 heavy (non-hydrogen) atoms. The van der Waals surface area contributed by atoms with Gasteiger partial charge in [-0.15, -0.1) is 0 Å². The summed E-state index contributed by atoms with van der Waals surface area (Å²) in [6.07, 6.45) is 3.40. The van der Waals surface area contributed by atoms with Crippen LogP contribution in [0.4, 0.5) is 0 Å². The SMILES string of the molecule is C[C@@H]1[C@@H](C)CCC[C@H]1NC(=O)COc1ccc(C#N)cc1Cl. The number of nitrogens with zero attached hydrogens (tertiary/aromatic N) is 1. The molecule has 0 unspecified atom stereocenters. The van der Waals surface area contributed by atoms with Crippen molar-refractivity contribution in [3.8, 4) is 11.8 Å². The van der Waals surface area contributed by atoms with Gasteiger partial charge in [0.05, 0.1) is 16.7 Å². The second-order valence-electron chi connectivity index (χ2n) is 5.99. The molecule has 3 atom stereocenters. The average molecular weight is 321 g/mol. The van der Waals surface area contributed by atoms with E-state index in [0.717, 1.165) is 12.8 Å². The van der Waals surface area contributed by atoms with Gasteiger partial charge >= 0.3 is 0 Å². The van der Waals surface area contributed by atoms with E-state index in [-0.39, 0.29) is 18.6 Å². The van der Waals surface area contributed by atoms with Crippen molar-refractivity contribution in [1.82, 2.24) is 5.32 Å². The fraction of sp³-hybridized carbons (Fsp3) is 0.529. The first-order valence-corrected chi connectivity index (χ1v) is 8.01. The lowest BCUT2D eigenvalue weighted by Crippen LogP contribution is -2.45. The Morgan fingerprint density at radius 1 is 1.45 bits per heavy atom. The van der Waals surface area contributed by atoms with Crippen molar-refractivity contribution >= 4 is 17.5 Å². The topological polar surface area (TPSA) is 62.1 Å². The van der Waals surface area contributed by atoms with E-state index < -0.39 is 0 Å². The molecule has 0 aromatic heterocycles. The largest absolute Gasteiger partial charge is 0.482 e. The summed E-state index contributed by atoms with van der Waals surface area (Å²) in [4.78, 5) is 12.0. The Morgan fingerprint density at radius 3 is 2.91 bits per heavy atom. The smallest absolute Gasteiger partial charge is 0.258 e. The van der Waals surface area contributed by atoms with Crippen molar-refractivity contribution in [3.63, 3.8) is 0 Å². The van der Waals surface area contributed by atoms with Crippen molar-refractivity contribution in [2.45, 2.75) is 39.2 Å². The Balaban J connectivity index is 1.86. The number of rotatable bonds is 4. The maximum Gasteiger partial charge on any atom is 0.258 e. The fourth-order valence-corrected chi connectivity index (χ4v) is 3.10. The van der Waals surface area contributed by atoms with E-state index in [9.17, 15) is 4.79 Å². The standard InChI is InChI=1S/C17H21ClN2O2/c1-11-4-3-5-15(12(11)2)20-17(21)10-22-16-7-6-13(9-19)8-14(16)18/h6-8,11-12,15H,3-5,10H2,1-2H3,(H,20,21)/t11-,12+,15+/m0/s1. The van der Waals surface area contributed by atoms with Gasteiger partial charge in [0.25, 0.3) is 5.91 Å². The van der Waals surface area contributed by atoms with E-state index in [1.807, 2.05) is 6.07 Å². The number of benzene rings is 1. The van der Waals surface area contributed by atoms with Gasteiger partial charge in [0.15, 0.2) is 6.61 Å². The van der Waals surface area contributed by atoms with Gasteiger partial charge in [-0.25, -0.2) is 0 Å². The first-order chi connectivity index (χ1) is 10.5. The monoisotopic (exact) mass is 320 g/mol. The summed E-state index contributed by atoms with van der Waals surface area (Å²) < 4.78 is 5.45. The fourth-order valence-electron chi connectivity index (χ4n) is 2.86. The molecule has 1 N–H and O–H groups in total. The number of nitriles is 1. The third kappa shape index (κ3) is 4.14. The minimum atomic E-state index is -0.133. The Bertz CT molecular complexity index is 583. The Labute approximate surface area is 136 Å². The molecule has 1 saturated carbocycles. The zero-order chi connectivity index (χ0) is 16.1. The number of carbonyl (C=O) groups is 1. The average Bonchev–Trinajstić information content (AvgIpc) is 2.50. The molecule has 0 spiro atoms. The number of ether oxygens (including phenoxy) is 1. The summed E-state index contributed by atoms with van der Waals surface area (Å²) in [5.41, 5.74) is 0.465. The van der Waals surface area contributed by atoms with E-state index >= 15 is 0 Å². The maximum atomic E-state index is 12.0. The van der Waals surface area contributed by atoms with E-state index in [4.69, 9.17) is 21.6 Å². The lowest BCUT2D eigenvalue weighted by Gasteiger charge is -2.34. The number of hydrogen-bond acceptors (Lipinski definition) is 3. The zero-order valence-electron chi connectivity index (χ0n) is 12.9. The molecular formula is C17H21ClN2O2. The summed E-state index contributed by atoms with van der Waals surface area (Å²) >= 11 is 6.02. The molecule has 118 valence electrons. The van der Waals surface area contributed by atoms with Crippen molar-refractivity contribution in [3.05, 3.63) is 28.8 Å². The van der Waals surface area contributed by atoms with Gasteiger partial charge in [0.1, 0.15) is 5.75 Å². The number of carbonyl (C=O) groups excluding carboxylic acids is 1. The van der Waals surface area contributed by atoms with Gasteiger partial charge < -0.3 is 10.1 Å². The van der Waals surface area contributed by atoms with Crippen LogP contribution in [0.15, 0.2) is 18.2 Å². The molecule has 5 heteroatoms.